The van der Waals surface area contributed by atoms with E-state index in [2.05, 4.69) is 20.6 Å². The number of halogens is 2. The summed E-state index contributed by atoms with van der Waals surface area (Å²) in [6.45, 7) is 10.2. The maximum atomic E-state index is 14.2. The quantitative estimate of drug-likeness (QED) is 0.0936. The molecule has 4 aromatic rings. The Morgan fingerprint density at radius 3 is 1.56 bits per heavy atom. The zero-order chi connectivity index (χ0) is 37.4. The Balaban J connectivity index is 0.000000271. The number of ether oxygens (including phenoxy) is 4. The van der Waals surface area contributed by atoms with Gasteiger partial charge in [-0.3, -0.25) is 20.7 Å². The van der Waals surface area contributed by atoms with E-state index in [1.165, 1.54) is 48.8 Å². The first-order valence-electron chi connectivity index (χ1n) is 14.6. The largest absolute Gasteiger partial charge is 0.455 e. The second kappa shape index (κ2) is 15.6. The lowest BCUT2D eigenvalue weighted by Crippen LogP contribution is -2.27. The minimum Gasteiger partial charge on any atom is -0.455 e. The summed E-state index contributed by atoms with van der Waals surface area (Å²) in [5, 5.41) is 15.7. The van der Waals surface area contributed by atoms with E-state index < -0.39 is 45.6 Å². The molecule has 0 fully saturated rings. The summed E-state index contributed by atoms with van der Waals surface area (Å²) in [5.74, 6) is -1.45. The fourth-order valence-electron chi connectivity index (χ4n) is 3.68. The summed E-state index contributed by atoms with van der Waals surface area (Å²) in [6, 6.07) is 10.2. The predicted molar refractivity (Wildman–Crippen MR) is 181 cm³/mol. The monoisotopic (exact) mass is 698 g/mol. The van der Waals surface area contributed by atoms with Gasteiger partial charge in [0.2, 0.25) is 11.6 Å². The third kappa shape index (κ3) is 11.4. The molecule has 266 valence electrons. The van der Waals surface area contributed by atoms with Crippen LogP contribution in [0.25, 0.3) is 0 Å². The van der Waals surface area contributed by atoms with E-state index in [0.29, 0.717) is 0 Å². The van der Waals surface area contributed by atoms with Gasteiger partial charge in [0.25, 0.3) is 0 Å². The number of nitro groups is 1. The summed E-state index contributed by atoms with van der Waals surface area (Å²) >= 11 is 0. The van der Waals surface area contributed by atoms with Gasteiger partial charge in [-0.1, -0.05) is 0 Å². The molecule has 0 saturated heterocycles. The number of benzene rings is 2. The number of amides is 2. The van der Waals surface area contributed by atoms with Gasteiger partial charge in [0.05, 0.1) is 16.3 Å². The van der Waals surface area contributed by atoms with Crippen molar-refractivity contribution in [1.82, 2.24) is 9.97 Å². The molecular formula is C32H36F2N8O8. The van der Waals surface area contributed by atoms with Crippen molar-refractivity contribution in [2.75, 3.05) is 27.8 Å². The van der Waals surface area contributed by atoms with Crippen LogP contribution in [0.1, 0.15) is 41.5 Å². The molecule has 50 heavy (non-hydrogen) atoms. The Kier molecular flexibility index (Phi) is 11.9. The van der Waals surface area contributed by atoms with Gasteiger partial charge in [0.1, 0.15) is 34.2 Å². The second-order valence-corrected chi connectivity index (χ2v) is 12.1. The van der Waals surface area contributed by atoms with Gasteiger partial charge < -0.3 is 36.1 Å². The van der Waals surface area contributed by atoms with Crippen LogP contribution < -0.4 is 37.3 Å². The molecular weight excluding hydrogens is 662 g/mol. The SMILES string of the molecule is CC(C)(C)OC(=O)Nc1ccc(Oc2ccnc(N)c2N)cc1F.CC(C)(C)OC(=O)Nc1ccc(Oc2ccnc(N)c2[N+](=O)[O-])cc1F. The van der Waals surface area contributed by atoms with E-state index in [9.17, 15) is 28.5 Å². The highest BCUT2D eigenvalue weighted by Gasteiger charge is 2.22. The highest BCUT2D eigenvalue weighted by Crippen LogP contribution is 2.35. The van der Waals surface area contributed by atoms with Crippen LogP contribution in [-0.4, -0.2) is 38.3 Å². The molecule has 0 aliphatic carbocycles. The molecule has 0 saturated carbocycles. The molecule has 0 radical (unpaired) electrons. The van der Waals surface area contributed by atoms with Crippen molar-refractivity contribution < 1.29 is 42.2 Å². The molecule has 2 aromatic heterocycles. The molecule has 4 rings (SSSR count). The minimum absolute atomic E-state index is 0.0223. The van der Waals surface area contributed by atoms with E-state index in [4.69, 9.17) is 36.1 Å². The number of carbonyl (C=O) groups is 2. The normalized spacial score (nSPS) is 11.0. The van der Waals surface area contributed by atoms with Crippen molar-refractivity contribution in [1.29, 1.82) is 0 Å². The number of nitrogens with zero attached hydrogens (tertiary/aromatic N) is 3. The van der Waals surface area contributed by atoms with Crippen molar-refractivity contribution in [3.63, 3.8) is 0 Å². The number of nitrogens with one attached hydrogen (secondary N) is 2. The van der Waals surface area contributed by atoms with E-state index >= 15 is 0 Å². The van der Waals surface area contributed by atoms with Crippen molar-refractivity contribution in [2.24, 2.45) is 0 Å². The van der Waals surface area contributed by atoms with Crippen LogP contribution in [-0.2, 0) is 9.47 Å². The molecule has 0 atom stereocenters. The molecule has 8 N–H and O–H groups in total. The lowest BCUT2D eigenvalue weighted by atomic mass is 10.2. The number of hydrogen-bond acceptors (Lipinski definition) is 13. The van der Waals surface area contributed by atoms with Crippen molar-refractivity contribution in [3.8, 4) is 23.0 Å². The molecule has 0 aliphatic rings. The molecule has 0 unspecified atom stereocenters. The van der Waals surface area contributed by atoms with E-state index in [-0.39, 0.29) is 51.7 Å². The number of rotatable bonds is 7. The van der Waals surface area contributed by atoms with Gasteiger partial charge in [-0.25, -0.2) is 28.3 Å². The molecule has 18 heteroatoms. The van der Waals surface area contributed by atoms with Crippen LogP contribution in [0.4, 0.5) is 52.8 Å². The summed E-state index contributed by atoms with van der Waals surface area (Å²) in [5.41, 5.74) is 14.9. The van der Waals surface area contributed by atoms with Gasteiger partial charge >= 0.3 is 17.9 Å². The van der Waals surface area contributed by atoms with Crippen LogP contribution in [0.2, 0.25) is 0 Å². The van der Waals surface area contributed by atoms with Gasteiger partial charge in [-0.2, -0.15) is 0 Å². The Morgan fingerprint density at radius 1 is 0.720 bits per heavy atom. The first kappa shape index (κ1) is 38.0. The number of nitrogens with two attached hydrogens (primary N) is 3. The highest BCUT2D eigenvalue weighted by atomic mass is 19.1. The van der Waals surface area contributed by atoms with Crippen molar-refractivity contribution in [2.45, 2.75) is 52.7 Å². The molecule has 0 spiro atoms. The van der Waals surface area contributed by atoms with Crippen LogP contribution in [0, 0.1) is 21.7 Å². The fourth-order valence-corrected chi connectivity index (χ4v) is 3.68. The Bertz CT molecular complexity index is 1880. The van der Waals surface area contributed by atoms with E-state index in [0.717, 1.165) is 12.1 Å². The predicted octanol–water partition coefficient (Wildman–Crippen LogP) is 7.37. The van der Waals surface area contributed by atoms with E-state index in [1.807, 2.05) is 0 Å². The average Bonchev–Trinajstić information content (AvgIpc) is 2.97. The van der Waals surface area contributed by atoms with E-state index in [1.54, 1.807) is 41.5 Å². The molecule has 2 amide bonds. The average molecular weight is 699 g/mol. The maximum absolute atomic E-state index is 14.2. The zero-order valence-electron chi connectivity index (χ0n) is 27.9. The lowest BCUT2D eigenvalue weighted by Gasteiger charge is -2.20. The van der Waals surface area contributed by atoms with Gasteiger partial charge in [0, 0.05) is 36.7 Å². The van der Waals surface area contributed by atoms with Crippen LogP contribution >= 0.6 is 0 Å². The number of carbonyl (C=O) groups excluding carboxylic acids is 2. The van der Waals surface area contributed by atoms with Crippen LogP contribution in [0.3, 0.4) is 0 Å². The Labute approximate surface area is 285 Å². The number of nitrogen functional groups attached to an aromatic ring is 3. The van der Waals surface area contributed by atoms with Gasteiger partial charge in [-0.05, 0) is 65.8 Å². The number of hydrogen-bond donors (Lipinski definition) is 5. The third-order valence-electron chi connectivity index (χ3n) is 5.69. The molecule has 2 heterocycles. The lowest BCUT2D eigenvalue weighted by molar-refractivity contribution is -0.384. The minimum atomic E-state index is -0.817. The topological polar surface area (TPSA) is 242 Å². The Hall–Kier alpha value is -6.46. The number of anilines is 5. The first-order chi connectivity index (χ1) is 23.2. The molecule has 0 aliphatic heterocycles. The van der Waals surface area contributed by atoms with Crippen LogP contribution in [0.5, 0.6) is 23.0 Å². The first-order valence-corrected chi connectivity index (χ1v) is 14.6. The summed E-state index contributed by atoms with van der Waals surface area (Å²) in [7, 11) is 0. The van der Waals surface area contributed by atoms with Gasteiger partial charge in [0.15, 0.2) is 17.4 Å². The smallest absolute Gasteiger partial charge is 0.412 e. The molecule has 2 aromatic carbocycles. The van der Waals surface area contributed by atoms with Crippen LogP contribution in [0.15, 0.2) is 60.9 Å². The standard InChI is InChI=1S/C16H17FN4O5.C16H19FN4O3/c1-16(2,3)26-15(22)20-11-5-4-9(8-10(11)17)25-12-6-7-19-14(18)13(12)21(23)24;1-16(2,3)24-15(22)21-11-5-4-9(8-10(11)17)23-12-6-7-20-14(19)13(12)18/h4-8H,1-3H3,(H2,18,19)(H,20,22);4-8H,18H2,1-3H3,(H2,19,20)(H,21,22). The molecule has 16 nitrogen and oxygen atoms in total. The fraction of sp³-hybridized carbons (Fsp3) is 0.250. The summed E-state index contributed by atoms with van der Waals surface area (Å²) in [4.78, 5) is 41.1. The third-order valence-corrected chi connectivity index (χ3v) is 5.69. The zero-order valence-corrected chi connectivity index (χ0v) is 27.9. The molecule has 0 bridgehead atoms. The van der Waals surface area contributed by atoms with Crippen molar-refractivity contribution >= 4 is 46.6 Å². The Morgan fingerprint density at radius 2 is 1.14 bits per heavy atom. The maximum Gasteiger partial charge on any atom is 0.412 e. The van der Waals surface area contributed by atoms with Gasteiger partial charge in [-0.15, -0.1) is 0 Å². The number of pyridine rings is 2. The highest BCUT2D eigenvalue weighted by molar-refractivity contribution is 5.85. The second-order valence-electron chi connectivity index (χ2n) is 12.1. The number of aromatic nitrogens is 2. The summed E-state index contributed by atoms with van der Waals surface area (Å²) < 4.78 is 49.2. The summed E-state index contributed by atoms with van der Waals surface area (Å²) in [6.07, 6.45) is 1.09. The van der Waals surface area contributed by atoms with Crippen molar-refractivity contribution in [3.05, 3.63) is 82.7 Å².